The molecule has 2 aromatic carbocycles. The molecule has 0 heterocycles. The average Bonchev–Trinajstić information content (AvgIpc) is 2.78. The van der Waals surface area contributed by atoms with E-state index in [1.807, 2.05) is 0 Å². The zero-order valence-electron chi connectivity index (χ0n) is 16.7. The Morgan fingerprint density at radius 3 is 1.97 bits per heavy atom. The predicted octanol–water partition coefficient (Wildman–Crippen LogP) is 1.66. The minimum Gasteiger partial charge on any atom is -0.459 e. The summed E-state index contributed by atoms with van der Waals surface area (Å²) in [6.45, 7) is 0.404. The number of aliphatic hydroxyl groups excluding tert-OH is 1. The van der Waals surface area contributed by atoms with Gasteiger partial charge in [0.1, 0.15) is 12.7 Å². The van der Waals surface area contributed by atoms with E-state index in [4.69, 9.17) is 14.2 Å². The van der Waals surface area contributed by atoms with Gasteiger partial charge in [-0.15, -0.1) is 0 Å². The Balaban J connectivity index is 1.81. The zero-order chi connectivity index (χ0) is 22.4. The van der Waals surface area contributed by atoms with Crippen molar-refractivity contribution < 1.29 is 38.8 Å². The highest BCUT2D eigenvalue weighted by atomic mass is 16.6. The molecule has 0 saturated heterocycles. The van der Waals surface area contributed by atoms with E-state index in [1.54, 1.807) is 48.5 Å². The second-order valence-corrected chi connectivity index (χ2v) is 7.03. The van der Waals surface area contributed by atoms with Gasteiger partial charge in [0.05, 0.1) is 11.1 Å². The fourth-order valence-corrected chi connectivity index (χ4v) is 3.16. The number of rotatable bonds is 6. The summed E-state index contributed by atoms with van der Waals surface area (Å²) in [4.78, 5) is 36.4. The topological polar surface area (TPSA) is 119 Å². The standard InChI is InChI=1S/C23H22O8/c1-15(24)30-20-18(31-22(27)17-10-6-3-7-11-17)12-13-19(25)23(20,28)14-29-21(26)16-8-4-2-5-9-16/h2-13,18-20,25,28H,14H2,1H3/t18-,19-,20+,23+/m1/s1. The van der Waals surface area contributed by atoms with Crippen molar-refractivity contribution in [2.45, 2.75) is 30.8 Å². The van der Waals surface area contributed by atoms with Gasteiger partial charge in [-0.05, 0) is 30.3 Å². The highest BCUT2D eigenvalue weighted by molar-refractivity contribution is 5.90. The lowest BCUT2D eigenvalue weighted by atomic mass is 9.82. The van der Waals surface area contributed by atoms with Crippen molar-refractivity contribution >= 4 is 17.9 Å². The molecule has 1 aliphatic carbocycles. The molecule has 162 valence electrons. The molecule has 8 nitrogen and oxygen atoms in total. The van der Waals surface area contributed by atoms with Crippen LogP contribution >= 0.6 is 0 Å². The highest BCUT2D eigenvalue weighted by Crippen LogP contribution is 2.31. The van der Waals surface area contributed by atoms with Gasteiger partial charge in [-0.3, -0.25) is 4.79 Å². The number of esters is 3. The quantitative estimate of drug-likeness (QED) is 0.407. The second kappa shape index (κ2) is 9.55. The molecule has 0 spiro atoms. The summed E-state index contributed by atoms with van der Waals surface area (Å²) in [5.74, 6) is -2.23. The van der Waals surface area contributed by atoms with Gasteiger partial charge in [0.25, 0.3) is 0 Å². The SMILES string of the molecule is CC(=O)O[C@H]1[C@H](OC(=O)c2ccccc2)C=C[C@@H](O)[C@@]1(O)COC(=O)c1ccccc1. The molecule has 0 aromatic heterocycles. The summed E-state index contributed by atoms with van der Waals surface area (Å²) in [6, 6.07) is 16.2. The first-order chi connectivity index (χ1) is 14.8. The van der Waals surface area contributed by atoms with Crippen molar-refractivity contribution in [3.8, 4) is 0 Å². The van der Waals surface area contributed by atoms with Crippen molar-refractivity contribution in [3.05, 3.63) is 83.9 Å². The molecule has 31 heavy (non-hydrogen) atoms. The van der Waals surface area contributed by atoms with Crippen LogP contribution in [0.1, 0.15) is 27.6 Å². The number of aliphatic hydroxyl groups is 2. The lowest BCUT2D eigenvalue weighted by Crippen LogP contribution is -2.63. The van der Waals surface area contributed by atoms with E-state index in [2.05, 4.69) is 0 Å². The van der Waals surface area contributed by atoms with Crippen molar-refractivity contribution in [2.75, 3.05) is 6.61 Å². The van der Waals surface area contributed by atoms with Crippen LogP contribution in [0.25, 0.3) is 0 Å². The second-order valence-electron chi connectivity index (χ2n) is 7.03. The third-order valence-corrected chi connectivity index (χ3v) is 4.78. The van der Waals surface area contributed by atoms with Crippen LogP contribution in [-0.4, -0.2) is 58.6 Å². The Kier molecular flexibility index (Phi) is 6.84. The number of hydrogen-bond donors (Lipinski definition) is 2. The van der Waals surface area contributed by atoms with Gasteiger partial charge in [-0.25, -0.2) is 9.59 Å². The Hall–Kier alpha value is -3.49. The largest absolute Gasteiger partial charge is 0.459 e. The first-order valence-electron chi connectivity index (χ1n) is 9.55. The van der Waals surface area contributed by atoms with Crippen molar-refractivity contribution in [1.29, 1.82) is 0 Å². The van der Waals surface area contributed by atoms with E-state index in [0.29, 0.717) is 0 Å². The lowest BCUT2D eigenvalue weighted by molar-refractivity contribution is -0.205. The number of ether oxygens (including phenoxy) is 3. The molecule has 2 aromatic rings. The van der Waals surface area contributed by atoms with Crippen LogP contribution < -0.4 is 0 Å². The maximum absolute atomic E-state index is 12.5. The lowest BCUT2D eigenvalue weighted by Gasteiger charge is -2.42. The third kappa shape index (κ3) is 5.17. The zero-order valence-corrected chi connectivity index (χ0v) is 16.7. The molecule has 0 aliphatic heterocycles. The molecule has 4 atom stereocenters. The summed E-state index contributed by atoms with van der Waals surface area (Å²) in [6.07, 6.45) is -1.78. The minimum atomic E-state index is -2.24. The van der Waals surface area contributed by atoms with Gasteiger partial charge in [-0.2, -0.15) is 0 Å². The fraction of sp³-hybridized carbons (Fsp3) is 0.261. The predicted molar refractivity (Wildman–Crippen MR) is 108 cm³/mol. The summed E-state index contributed by atoms with van der Waals surface area (Å²) in [5, 5.41) is 21.6. The van der Waals surface area contributed by atoms with Gasteiger partial charge < -0.3 is 24.4 Å². The van der Waals surface area contributed by atoms with Gasteiger partial charge in [0, 0.05) is 6.92 Å². The molecule has 1 aliphatic rings. The highest BCUT2D eigenvalue weighted by Gasteiger charge is 2.53. The van der Waals surface area contributed by atoms with E-state index < -0.39 is 48.4 Å². The molecule has 0 unspecified atom stereocenters. The van der Waals surface area contributed by atoms with Crippen molar-refractivity contribution in [1.82, 2.24) is 0 Å². The van der Waals surface area contributed by atoms with Gasteiger partial charge in [0.2, 0.25) is 0 Å². The van der Waals surface area contributed by atoms with Crippen molar-refractivity contribution in [2.24, 2.45) is 0 Å². The first-order valence-corrected chi connectivity index (χ1v) is 9.55. The molecule has 3 rings (SSSR count). The van der Waals surface area contributed by atoms with Gasteiger partial charge in [0.15, 0.2) is 17.8 Å². The van der Waals surface area contributed by atoms with Crippen LogP contribution in [0.2, 0.25) is 0 Å². The van der Waals surface area contributed by atoms with E-state index in [9.17, 15) is 24.6 Å². The summed E-state index contributed by atoms with van der Waals surface area (Å²) in [5.41, 5.74) is -1.75. The van der Waals surface area contributed by atoms with Crippen molar-refractivity contribution in [3.63, 3.8) is 0 Å². The number of carbonyl (C=O) groups excluding carboxylic acids is 3. The van der Waals surface area contributed by atoms with E-state index >= 15 is 0 Å². The maximum atomic E-state index is 12.5. The van der Waals surface area contributed by atoms with Crippen LogP contribution in [0.3, 0.4) is 0 Å². The maximum Gasteiger partial charge on any atom is 0.338 e. The molecule has 2 N–H and O–H groups in total. The minimum absolute atomic E-state index is 0.239. The van der Waals surface area contributed by atoms with E-state index in [-0.39, 0.29) is 11.1 Å². The Labute approximate surface area is 178 Å². The van der Waals surface area contributed by atoms with Crippen LogP contribution in [0.4, 0.5) is 0 Å². The van der Waals surface area contributed by atoms with E-state index in [1.165, 1.54) is 24.3 Å². The molecular weight excluding hydrogens is 404 g/mol. The van der Waals surface area contributed by atoms with Crippen LogP contribution in [-0.2, 0) is 19.0 Å². The Morgan fingerprint density at radius 1 is 0.871 bits per heavy atom. The summed E-state index contributed by atoms with van der Waals surface area (Å²) in [7, 11) is 0. The fourth-order valence-electron chi connectivity index (χ4n) is 3.16. The molecule has 0 saturated carbocycles. The Bertz CT molecular complexity index is 956. The molecular formula is C23H22O8. The number of hydrogen-bond acceptors (Lipinski definition) is 8. The van der Waals surface area contributed by atoms with Gasteiger partial charge in [-0.1, -0.05) is 42.5 Å². The number of benzene rings is 2. The third-order valence-electron chi connectivity index (χ3n) is 4.78. The average molecular weight is 426 g/mol. The molecule has 0 amide bonds. The number of carbonyl (C=O) groups is 3. The molecule has 0 radical (unpaired) electrons. The van der Waals surface area contributed by atoms with Crippen LogP contribution in [0.5, 0.6) is 0 Å². The van der Waals surface area contributed by atoms with Crippen LogP contribution in [0, 0.1) is 0 Å². The first kappa shape index (κ1) is 22.2. The normalized spacial score (nSPS) is 24.8. The van der Waals surface area contributed by atoms with E-state index in [0.717, 1.165) is 6.92 Å². The monoisotopic (exact) mass is 426 g/mol. The summed E-state index contributed by atoms with van der Waals surface area (Å²) >= 11 is 0. The van der Waals surface area contributed by atoms with Crippen LogP contribution in [0.15, 0.2) is 72.8 Å². The smallest absolute Gasteiger partial charge is 0.338 e. The Morgan fingerprint density at radius 2 is 1.42 bits per heavy atom. The molecule has 0 bridgehead atoms. The summed E-state index contributed by atoms with van der Waals surface area (Å²) < 4.78 is 15.8. The molecule has 8 heteroatoms. The molecule has 0 fully saturated rings. The van der Waals surface area contributed by atoms with Gasteiger partial charge >= 0.3 is 17.9 Å².